The van der Waals surface area contributed by atoms with Crippen LogP contribution in [0.4, 0.5) is 18.0 Å². The number of nitrogens with zero attached hydrogens (tertiary/aromatic N) is 2. The lowest BCUT2D eigenvalue weighted by molar-refractivity contribution is -0.137. The minimum Gasteiger partial charge on any atom is -0.385 e. The van der Waals surface area contributed by atoms with Gasteiger partial charge in [0.05, 0.1) is 5.56 Å². The van der Waals surface area contributed by atoms with Crippen LogP contribution in [0.15, 0.2) is 54.7 Å². The first-order chi connectivity index (χ1) is 19.7. The summed E-state index contributed by atoms with van der Waals surface area (Å²) in [5.74, 6) is -0.263. The van der Waals surface area contributed by atoms with Gasteiger partial charge in [0.25, 0.3) is 0 Å². The zero-order valence-electron chi connectivity index (χ0n) is 23.5. The third kappa shape index (κ3) is 8.73. The number of H-pyrrole nitrogens is 1. The standard InChI is InChI=1S/C31H39F3N4O3/c1-41-19-7-17-38(30(40)36-26-8-3-2-4-9-26)22-29(39)37(21-23-12-14-25(15-13-23)31(32,33)34)18-16-24-20-35-28-11-6-5-10-27(24)28/h5-6,10-15,20,26,35H,2-4,7-9,16-19,21-22H2,1H3,(H,36,40). The number of benzene rings is 2. The maximum Gasteiger partial charge on any atom is 0.416 e. The number of methoxy groups -OCH3 is 1. The van der Waals surface area contributed by atoms with Crippen LogP contribution in [0, 0.1) is 0 Å². The number of carbonyl (C=O) groups is 2. The molecule has 0 unspecified atom stereocenters. The van der Waals surface area contributed by atoms with E-state index < -0.39 is 11.7 Å². The van der Waals surface area contributed by atoms with Gasteiger partial charge in [-0.1, -0.05) is 49.6 Å². The van der Waals surface area contributed by atoms with E-state index in [9.17, 15) is 22.8 Å². The fourth-order valence-corrected chi connectivity index (χ4v) is 5.33. The first-order valence-corrected chi connectivity index (χ1v) is 14.3. The monoisotopic (exact) mass is 572 g/mol. The molecule has 1 heterocycles. The molecule has 0 spiro atoms. The molecule has 41 heavy (non-hydrogen) atoms. The van der Waals surface area contributed by atoms with Crippen LogP contribution >= 0.6 is 0 Å². The van der Waals surface area contributed by atoms with E-state index in [2.05, 4.69) is 10.3 Å². The van der Waals surface area contributed by atoms with Crippen LogP contribution in [0.5, 0.6) is 0 Å². The summed E-state index contributed by atoms with van der Waals surface area (Å²) >= 11 is 0. The summed E-state index contributed by atoms with van der Waals surface area (Å²) in [5.41, 5.74) is 1.88. The largest absolute Gasteiger partial charge is 0.416 e. The second-order valence-corrected chi connectivity index (χ2v) is 10.7. The fourth-order valence-electron chi connectivity index (χ4n) is 5.33. The summed E-state index contributed by atoms with van der Waals surface area (Å²) in [6.45, 7) is 1.16. The average Bonchev–Trinajstić information content (AvgIpc) is 3.38. The van der Waals surface area contributed by atoms with E-state index in [-0.39, 0.29) is 31.1 Å². The van der Waals surface area contributed by atoms with Crippen molar-refractivity contribution in [1.82, 2.24) is 20.1 Å². The molecule has 1 saturated carbocycles. The van der Waals surface area contributed by atoms with Crippen molar-refractivity contribution in [3.8, 4) is 0 Å². The van der Waals surface area contributed by atoms with Gasteiger partial charge < -0.3 is 24.8 Å². The van der Waals surface area contributed by atoms with Crippen molar-refractivity contribution in [2.45, 2.75) is 63.7 Å². The molecule has 0 bridgehead atoms. The van der Waals surface area contributed by atoms with Gasteiger partial charge in [-0.05, 0) is 55.0 Å². The highest BCUT2D eigenvalue weighted by molar-refractivity contribution is 5.85. The number of carbonyl (C=O) groups excluding carboxylic acids is 2. The predicted octanol–water partition coefficient (Wildman–Crippen LogP) is 6.14. The molecule has 0 saturated heterocycles. The highest BCUT2D eigenvalue weighted by Crippen LogP contribution is 2.29. The van der Waals surface area contributed by atoms with Crippen LogP contribution in [0.1, 0.15) is 55.2 Å². The van der Waals surface area contributed by atoms with E-state index in [1.54, 1.807) is 12.0 Å². The van der Waals surface area contributed by atoms with E-state index in [1.165, 1.54) is 17.0 Å². The molecular formula is C31H39F3N4O3. The summed E-state index contributed by atoms with van der Waals surface area (Å²) in [4.78, 5) is 33.4. The number of hydrogen-bond acceptors (Lipinski definition) is 3. The molecule has 2 aromatic carbocycles. The Bertz CT molecular complexity index is 1270. The van der Waals surface area contributed by atoms with Crippen LogP contribution in [-0.4, -0.2) is 66.1 Å². The Morgan fingerprint density at radius 1 is 1.00 bits per heavy atom. The Kier molecular flexibility index (Phi) is 10.7. The van der Waals surface area contributed by atoms with E-state index in [1.807, 2.05) is 30.5 Å². The normalized spacial score (nSPS) is 14.2. The first kappa shape index (κ1) is 30.4. The molecule has 222 valence electrons. The number of aromatic nitrogens is 1. The number of alkyl halides is 3. The lowest BCUT2D eigenvalue weighted by Crippen LogP contribution is -2.50. The molecule has 4 rings (SSSR count). The van der Waals surface area contributed by atoms with Crippen molar-refractivity contribution in [2.24, 2.45) is 0 Å². The quantitative estimate of drug-likeness (QED) is 0.256. The molecule has 0 radical (unpaired) electrons. The number of hydrogen-bond donors (Lipinski definition) is 2. The smallest absolute Gasteiger partial charge is 0.385 e. The van der Waals surface area contributed by atoms with Gasteiger partial charge in [-0.25, -0.2) is 4.79 Å². The maximum atomic E-state index is 13.7. The molecule has 0 aliphatic heterocycles. The first-order valence-electron chi connectivity index (χ1n) is 14.3. The number of ether oxygens (including phenoxy) is 1. The Labute approximate surface area is 239 Å². The third-order valence-electron chi connectivity index (χ3n) is 7.66. The van der Waals surface area contributed by atoms with Gasteiger partial charge >= 0.3 is 12.2 Å². The van der Waals surface area contributed by atoms with Crippen molar-refractivity contribution in [2.75, 3.05) is 33.4 Å². The molecule has 3 aromatic rings. The summed E-state index contributed by atoms with van der Waals surface area (Å²) in [6.07, 6.45) is 3.78. The van der Waals surface area contributed by atoms with Gasteiger partial charge in [0.2, 0.25) is 5.91 Å². The molecule has 2 N–H and O–H groups in total. The lowest BCUT2D eigenvalue weighted by Gasteiger charge is -2.30. The summed E-state index contributed by atoms with van der Waals surface area (Å²) in [7, 11) is 1.59. The van der Waals surface area contributed by atoms with Crippen LogP contribution < -0.4 is 5.32 Å². The molecule has 1 aromatic heterocycles. The van der Waals surface area contributed by atoms with E-state index in [0.29, 0.717) is 38.1 Å². The van der Waals surface area contributed by atoms with Crippen LogP contribution in [0.2, 0.25) is 0 Å². The van der Waals surface area contributed by atoms with Gasteiger partial charge in [-0.3, -0.25) is 4.79 Å². The van der Waals surface area contributed by atoms with Crippen molar-refractivity contribution in [3.63, 3.8) is 0 Å². The topological polar surface area (TPSA) is 77.7 Å². The molecule has 3 amide bonds. The summed E-state index contributed by atoms with van der Waals surface area (Å²) in [5, 5.41) is 4.16. The Morgan fingerprint density at radius 3 is 2.44 bits per heavy atom. The SMILES string of the molecule is COCCCN(CC(=O)N(CCc1c[nH]c2ccccc12)Cc1ccc(C(F)(F)F)cc1)C(=O)NC1CCCCC1. The zero-order chi connectivity index (χ0) is 29.2. The van der Waals surface area contributed by atoms with Gasteiger partial charge in [-0.2, -0.15) is 13.2 Å². The second-order valence-electron chi connectivity index (χ2n) is 10.7. The van der Waals surface area contributed by atoms with Gasteiger partial charge in [0.1, 0.15) is 6.54 Å². The summed E-state index contributed by atoms with van der Waals surface area (Å²) in [6, 6.07) is 12.6. The van der Waals surface area contributed by atoms with E-state index >= 15 is 0 Å². The minimum atomic E-state index is -4.43. The Balaban J connectivity index is 1.50. The third-order valence-corrected chi connectivity index (χ3v) is 7.66. The number of aromatic amines is 1. The Morgan fingerprint density at radius 2 is 1.73 bits per heavy atom. The molecule has 1 aliphatic carbocycles. The van der Waals surface area contributed by atoms with Gasteiger partial charge in [-0.15, -0.1) is 0 Å². The van der Waals surface area contributed by atoms with E-state index in [0.717, 1.165) is 60.7 Å². The molecule has 1 aliphatic rings. The lowest BCUT2D eigenvalue weighted by atomic mass is 9.96. The number of urea groups is 1. The highest BCUT2D eigenvalue weighted by atomic mass is 19.4. The number of amides is 3. The van der Waals surface area contributed by atoms with Crippen LogP contribution in [-0.2, 0) is 28.7 Å². The molecule has 0 atom stereocenters. The number of halogens is 3. The van der Waals surface area contributed by atoms with Gasteiger partial charge in [0.15, 0.2) is 0 Å². The summed E-state index contributed by atoms with van der Waals surface area (Å²) < 4.78 is 44.5. The predicted molar refractivity (Wildman–Crippen MR) is 152 cm³/mol. The number of rotatable bonds is 12. The minimum absolute atomic E-state index is 0.0985. The maximum absolute atomic E-state index is 13.7. The average molecular weight is 573 g/mol. The molecular weight excluding hydrogens is 533 g/mol. The van der Waals surface area contributed by atoms with E-state index in [4.69, 9.17) is 4.74 Å². The number of nitrogens with one attached hydrogen (secondary N) is 2. The fraction of sp³-hybridized carbons (Fsp3) is 0.484. The van der Waals surface area contributed by atoms with Crippen molar-refractivity contribution in [3.05, 3.63) is 71.4 Å². The van der Waals surface area contributed by atoms with Gasteiger partial charge in [0, 0.05) is 56.5 Å². The van der Waals surface area contributed by atoms with Crippen LogP contribution in [0.25, 0.3) is 10.9 Å². The second kappa shape index (κ2) is 14.4. The molecule has 1 fully saturated rings. The highest BCUT2D eigenvalue weighted by Gasteiger charge is 2.30. The van der Waals surface area contributed by atoms with Crippen molar-refractivity contribution < 1.29 is 27.5 Å². The molecule has 7 nitrogen and oxygen atoms in total. The number of fused-ring (bicyclic) bond motifs is 1. The van der Waals surface area contributed by atoms with Crippen molar-refractivity contribution in [1.29, 1.82) is 0 Å². The van der Waals surface area contributed by atoms with Crippen molar-refractivity contribution >= 4 is 22.8 Å². The number of para-hydroxylation sites is 1. The zero-order valence-corrected chi connectivity index (χ0v) is 23.5. The van der Waals surface area contributed by atoms with Crippen LogP contribution in [0.3, 0.4) is 0 Å². The molecule has 10 heteroatoms. The Hall–Kier alpha value is -3.53.